The summed E-state index contributed by atoms with van der Waals surface area (Å²) < 4.78 is 0. The molecule has 0 aromatic heterocycles. The molecule has 0 radical (unpaired) electrons. The van der Waals surface area contributed by atoms with Crippen molar-refractivity contribution in [1.29, 1.82) is 0 Å². The number of carboxylic acid groups (broad SMARTS) is 3. The Morgan fingerprint density at radius 1 is 0.400 bits per heavy atom. The average molecular weight is 670 g/mol. The molecule has 0 aliphatic heterocycles. The smallest absolute Gasteiger partial charge is 0.542 e. The van der Waals surface area contributed by atoms with Crippen LogP contribution in [-0.4, -0.2) is 78.5 Å². The molecule has 0 aromatic carbocycles. The Balaban J connectivity index is -0.000000240. The van der Waals surface area contributed by atoms with Crippen LogP contribution in [0.15, 0.2) is 0 Å². The van der Waals surface area contributed by atoms with E-state index in [0.29, 0.717) is 0 Å². The average Bonchev–Trinajstić information content (AvgIpc) is 2.63. The third-order valence-corrected chi connectivity index (χ3v) is 3.94. The largest absolute Gasteiger partial charge is 3.00 e. The van der Waals surface area contributed by atoms with Gasteiger partial charge in [-0.3, -0.25) is 28.8 Å². The molecule has 0 saturated carbocycles. The van der Waals surface area contributed by atoms with Crippen molar-refractivity contribution in [3.63, 3.8) is 0 Å². The van der Waals surface area contributed by atoms with Gasteiger partial charge in [0.25, 0.3) is 0 Å². The van der Waals surface area contributed by atoms with Crippen LogP contribution in [0, 0.1) is 16.2 Å². The van der Waals surface area contributed by atoms with Gasteiger partial charge in [-0.25, -0.2) is 0 Å². The maximum atomic E-state index is 11.1. The van der Waals surface area contributed by atoms with Crippen LogP contribution < -0.4 is 15.3 Å². The fourth-order valence-corrected chi connectivity index (χ4v) is 2.72. The van der Waals surface area contributed by atoms with Gasteiger partial charge in [-0.15, -0.1) is 0 Å². The predicted molar refractivity (Wildman–Crippen MR) is 137 cm³/mol. The van der Waals surface area contributed by atoms with E-state index in [1.165, 1.54) is 0 Å². The summed E-state index contributed by atoms with van der Waals surface area (Å²) in [4.78, 5) is 94.8. The first-order valence-corrected chi connectivity index (χ1v) is 11.9. The number of hydrogen-bond donors (Lipinski definition) is 0. The maximum Gasteiger partial charge on any atom is 3.00 e. The first kappa shape index (κ1) is 44.3. The zero-order valence-electron chi connectivity index (χ0n) is 24.7. The quantitative estimate of drug-likeness (QED) is 0.175. The second-order valence-corrected chi connectivity index (χ2v) is 12.5. The van der Waals surface area contributed by atoms with Crippen LogP contribution in [0.5, 0.6) is 0 Å². The van der Waals surface area contributed by atoms with E-state index in [1.54, 1.807) is 0 Å². The van der Waals surface area contributed by atoms with Crippen LogP contribution in [0.1, 0.15) is 101 Å². The fraction of sp³-hybridized carbons (Fsp3) is 0.667. The van der Waals surface area contributed by atoms with Crippen molar-refractivity contribution in [3.8, 4) is 0 Å². The zero-order valence-corrected chi connectivity index (χ0v) is 28.0. The number of rotatable bonds is 12. The van der Waals surface area contributed by atoms with E-state index < -0.39 is 54.5 Å². The second kappa shape index (κ2) is 19.4. The molecule has 40 heavy (non-hydrogen) atoms. The minimum Gasteiger partial charge on any atom is -0.542 e. The summed E-state index contributed by atoms with van der Waals surface area (Å²) in [6.07, 6.45) is -1.07. The summed E-state index contributed by atoms with van der Waals surface area (Å²) in [6, 6.07) is 0. The molecule has 222 valence electrons. The van der Waals surface area contributed by atoms with Crippen molar-refractivity contribution in [1.82, 2.24) is 0 Å². The van der Waals surface area contributed by atoms with Crippen LogP contribution in [0.4, 0.5) is 0 Å². The minimum absolute atomic E-state index is 0. The molecule has 0 amide bonds. The standard InChI is InChI=1S/3C9H14O4.In/c3*1-9(2,3)5-6(10)4-7(11)8(12)13;/h3*4-5H2,1-3H3,(H,12,13);/q;;;+3/p-3. The molecule has 13 heteroatoms. The Labute approximate surface area is 253 Å². The van der Waals surface area contributed by atoms with Gasteiger partial charge in [0.05, 0.1) is 19.3 Å². The van der Waals surface area contributed by atoms with Gasteiger partial charge in [0, 0.05) is 19.3 Å². The SMILES string of the molecule is CC(C)(C)CC(=O)CC(=O)C(=O)[O-].CC(C)(C)CC(=O)CC(=O)C(=O)[O-].CC(C)(C)CC(=O)CC(=O)C(=O)[O-].[In+3]. The Morgan fingerprint density at radius 2 is 0.550 bits per heavy atom. The molecule has 0 fully saturated rings. The van der Waals surface area contributed by atoms with Crippen LogP contribution >= 0.6 is 0 Å². The monoisotopic (exact) mass is 670 g/mol. The van der Waals surface area contributed by atoms with E-state index >= 15 is 0 Å². The van der Waals surface area contributed by atoms with Crippen molar-refractivity contribution >= 4 is 78.5 Å². The number of carbonyl (C=O) groups excluding carboxylic acids is 9. The number of hydrogen-bond acceptors (Lipinski definition) is 12. The zero-order chi connectivity index (χ0) is 31.9. The Hall–Kier alpha value is -2.70. The van der Waals surface area contributed by atoms with Gasteiger partial charge >= 0.3 is 25.8 Å². The minimum atomic E-state index is -1.79. The second-order valence-electron chi connectivity index (χ2n) is 12.5. The Morgan fingerprint density at radius 3 is 0.650 bits per heavy atom. The molecule has 0 unspecified atom stereocenters. The van der Waals surface area contributed by atoms with E-state index in [4.69, 9.17) is 0 Å². The van der Waals surface area contributed by atoms with Crippen molar-refractivity contribution < 1.29 is 58.5 Å². The maximum absolute atomic E-state index is 11.1. The number of carboxylic acids is 3. The van der Waals surface area contributed by atoms with Crippen LogP contribution in [0.25, 0.3) is 0 Å². The van der Waals surface area contributed by atoms with Gasteiger partial charge in [-0.1, -0.05) is 62.3 Å². The molecule has 0 rings (SSSR count). The number of Topliss-reactive ketones (excluding diaryl/α,β-unsaturated/α-hetero) is 6. The van der Waals surface area contributed by atoms with Gasteiger partial charge in [0.2, 0.25) is 0 Å². The van der Waals surface area contributed by atoms with Gasteiger partial charge in [0.15, 0.2) is 17.3 Å². The number of ketones is 6. The Bertz CT molecular complexity index is 834. The van der Waals surface area contributed by atoms with E-state index in [0.717, 1.165) is 0 Å². The first-order valence-electron chi connectivity index (χ1n) is 11.9. The molecule has 0 N–H and O–H groups in total. The molecule has 0 aliphatic carbocycles. The normalized spacial score (nSPS) is 10.7. The van der Waals surface area contributed by atoms with Gasteiger partial charge in [-0.2, -0.15) is 0 Å². The number of aliphatic carboxylic acids is 3. The van der Waals surface area contributed by atoms with E-state index in [2.05, 4.69) is 0 Å². The first-order chi connectivity index (χ1) is 17.2. The van der Waals surface area contributed by atoms with E-state index in [-0.39, 0.29) is 78.7 Å². The third-order valence-electron chi connectivity index (χ3n) is 3.94. The summed E-state index contributed by atoms with van der Waals surface area (Å²) in [6.45, 7) is 16.6. The van der Waals surface area contributed by atoms with Crippen LogP contribution in [0.3, 0.4) is 0 Å². The molecule has 0 bridgehead atoms. The van der Waals surface area contributed by atoms with Crippen molar-refractivity contribution in [2.75, 3.05) is 0 Å². The van der Waals surface area contributed by atoms with Crippen LogP contribution in [0.2, 0.25) is 0 Å². The van der Waals surface area contributed by atoms with Gasteiger partial charge < -0.3 is 29.7 Å². The molecule has 0 aromatic rings. The summed E-state index contributed by atoms with van der Waals surface area (Å²) in [7, 11) is 0. The third kappa shape index (κ3) is 31.5. The summed E-state index contributed by atoms with van der Waals surface area (Å²) in [5, 5.41) is 30.0. The molecule has 0 saturated heterocycles. The van der Waals surface area contributed by atoms with Gasteiger partial charge in [0.1, 0.15) is 35.3 Å². The van der Waals surface area contributed by atoms with E-state index in [1.807, 2.05) is 62.3 Å². The van der Waals surface area contributed by atoms with Crippen LogP contribution in [-0.2, 0) is 43.2 Å². The molecule has 12 nitrogen and oxygen atoms in total. The van der Waals surface area contributed by atoms with Crippen molar-refractivity contribution in [2.45, 2.75) is 101 Å². The molecule has 0 spiro atoms. The molecule has 0 heterocycles. The summed E-state index contributed by atoms with van der Waals surface area (Å²) >= 11 is 0. The molecule has 0 aliphatic rings. The van der Waals surface area contributed by atoms with E-state index in [9.17, 15) is 58.5 Å². The topological polar surface area (TPSA) is 223 Å². The van der Waals surface area contributed by atoms with Gasteiger partial charge in [-0.05, 0) is 16.2 Å². The fourth-order valence-electron chi connectivity index (χ4n) is 2.72. The molecule has 0 atom stereocenters. The summed E-state index contributed by atoms with van der Waals surface area (Å²) in [5.74, 6) is -9.88. The summed E-state index contributed by atoms with van der Waals surface area (Å²) in [5.41, 5.74) is -0.657. The number of carbonyl (C=O) groups is 9. The predicted octanol–water partition coefficient (Wildman–Crippen LogP) is -1.28. The van der Waals surface area contributed by atoms with Crippen molar-refractivity contribution in [3.05, 3.63) is 0 Å². The Kier molecular flexibility index (Phi) is 21.5. The molecular weight excluding hydrogens is 631 g/mol. The molecular formula is C27H39InO12. The van der Waals surface area contributed by atoms with Crippen molar-refractivity contribution in [2.24, 2.45) is 16.2 Å².